The number of aliphatic hydroxyl groups excluding tert-OH is 1. The Kier molecular flexibility index (Phi) is 5.04. The molecule has 0 spiro atoms. The second-order valence-electron chi connectivity index (χ2n) is 6.06. The van der Waals surface area contributed by atoms with Crippen LogP contribution < -0.4 is 5.73 Å². The van der Waals surface area contributed by atoms with Crippen LogP contribution in [0.25, 0.3) is 0 Å². The predicted molar refractivity (Wildman–Crippen MR) is 83.1 cm³/mol. The lowest BCUT2D eigenvalue weighted by Gasteiger charge is -2.41. The highest BCUT2D eigenvalue weighted by molar-refractivity contribution is 9.10. The third-order valence-electron chi connectivity index (χ3n) is 4.62. The largest absolute Gasteiger partial charge is 0.392 e. The van der Waals surface area contributed by atoms with E-state index in [-0.39, 0.29) is 17.4 Å². The van der Waals surface area contributed by atoms with Gasteiger partial charge in [0, 0.05) is 16.9 Å². The van der Waals surface area contributed by atoms with Gasteiger partial charge in [-0.1, -0.05) is 54.2 Å². The maximum atomic E-state index is 10.8. The fourth-order valence-corrected chi connectivity index (χ4v) is 3.74. The second-order valence-corrected chi connectivity index (χ2v) is 6.97. The average Bonchev–Trinajstić information content (AvgIpc) is 2.40. The zero-order chi connectivity index (χ0) is 13.9. The van der Waals surface area contributed by atoms with Gasteiger partial charge in [0.25, 0.3) is 0 Å². The Labute approximate surface area is 124 Å². The molecule has 0 bridgehead atoms. The minimum absolute atomic E-state index is 0.0185. The quantitative estimate of drug-likeness (QED) is 0.883. The van der Waals surface area contributed by atoms with E-state index in [2.05, 4.69) is 35.0 Å². The molecule has 2 atom stereocenters. The van der Waals surface area contributed by atoms with Gasteiger partial charge >= 0.3 is 0 Å². The molecule has 2 rings (SSSR count). The number of benzene rings is 1. The fourth-order valence-electron chi connectivity index (χ4n) is 3.33. The molecule has 1 saturated carbocycles. The van der Waals surface area contributed by atoms with Crippen molar-refractivity contribution in [3.8, 4) is 0 Å². The molecule has 106 valence electrons. The molecule has 1 aliphatic rings. The summed E-state index contributed by atoms with van der Waals surface area (Å²) in [5.41, 5.74) is 7.10. The van der Waals surface area contributed by atoms with Crippen LogP contribution >= 0.6 is 15.9 Å². The lowest BCUT2D eigenvalue weighted by Crippen LogP contribution is -2.41. The minimum atomic E-state index is -0.355. The van der Waals surface area contributed by atoms with Crippen LogP contribution in [0.2, 0.25) is 0 Å². The second kappa shape index (κ2) is 6.38. The van der Waals surface area contributed by atoms with Crippen molar-refractivity contribution in [1.29, 1.82) is 0 Å². The monoisotopic (exact) mass is 325 g/mol. The number of aliphatic hydroxyl groups is 1. The van der Waals surface area contributed by atoms with Crippen LogP contribution in [-0.2, 0) is 0 Å². The number of hydrogen-bond donors (Lipinski definition) is 2. The van der Waals surface area contributed by atoms with Crippen molar-refractivity contribution in [2.45, 2.75) is 51.0 Å². The van der Waals surface area contributed by atoms with Gasteiger partial charge in [0.05, 0.1) is 6.10 Å². The van der Waals surface area contributed by atoms with Gasteiger partial charge in [-0.3, -0.25) is 0 Å². The first kappa shape index (κ1) is 15.0. The van der Waals surface area contributed by atoms with Crippen LogP contribution in [0.5, 0.6) is 0 Å². The smallest absolute Gasteiger partial charge is 0.0674 e. The van der Waals surface area contributed by atoms with E-state index in [1.807, 2.05) is 12.1 Å². The maximum Gasteiger partial charge on any atom is 0.0674 e. The Morgan fingerprint density at radius 3 is 2.58 bits per heavy atom. The van der Waals surface area contributed by atoms with E-state index in [1.54, 1.807) is 0 Å². The zero-order valence-corrected chi connectivity index (χ0v) is 13.2. The molecule has 0 saturated heterocycles. The van der Waals surface area contributed by atoms with Crippen LogP contribution in [0.4, 0.5) is 0 Å². The summed E-state index contributed by atoms with van der Waals surface area (Å²) in [5.74, 6) is 0.0283. The molecule has 3 heteroatoms. The molecule has 1 aliphatic carbocycles. The first-order valence-electron chi connectivity index (χ1n) is 7.20. The molecule has 0 amide bonds. The molecule has 0 aromatic heterocycles. The lowest BCUT2D eigenvalue weighted by molar-refractivity contribution is -0.00750. The van der Waals surface area contributed by atoms with E-state index < -0.39 is 0 Å². The summed E-state index contributed by atoms with van der Waals surface area (Å²) in [5, 5.41) is 10.8. The van der Waals surface area contributed by atoms with Gasteiger partial charge in [0.15, 0.2) is 0 Å². The molecular formula is C16H24BrNO. The molecule has 0 aliphatic heterocycles. The van der Waals surface area contributed by atoms with Crippen LogP contribution in [-0.4, -0.2) is 17.8 Å². The Hall–Kier alpha value is -0.380. The zero-order valence-electron chi connectivity index (χ0n) is 11.6. The van der Waals surface area contributed by atoms with Crippen molar-refractivity contribution in [2.24, 2.45) is 11.1 Å². The fraction of sp³-hybridized carbons (Fsp3) is 0.625. The highest BCUT2D eigenvalue weighted by Crippen LogP contribution is 2.43. The standard InChI is InChI=1S/C16H24BrNO/c1-16(8-3-2-4-9-16)15(19)14(11-18)12-6-5-7-13(17)10-12/h5-7,10,14-15,19H,2-4,8-9,11,18H2,1H3. The third-order valence-corrected chi connectivity index (χ3v) is 5.11. The maximum absolute atomic E-state index is 10.8. The first-order valence-corrected chi connectivity index (χ1v) is 8.00. The van der Waals surface area contributed by atoms with E-state index in [0.29, 0.717) is 6.54 Å². The molecule has 0 radical (unpaired) electrons. The summed E-state index contributed by atoms with van der Waals surface area (Å²) in [6.07, 6.45) is 5.61. The van der Waals surface area contributed by atoms with E-state index in [1.165, 1.54) is 19.3 Å². The molecule has 0 heterocycles. The SMILES string of the molecule is CC1(C(O)C(CN)c2cccc(Br)c2)CCCCC1. The predicted octanol–water partition coefficient (Wildman–Crippen LogP) is 3.82. The van der Waals surface area contributed by atoms with Gasteiger partial charge < -0.3 is 10.8 Å². The number of halogens is 1. The van der Waals surface area contributed by atoms with Crippen LogP contribution in [0.1, 0.15) is 50.5 Å². The number of hydrogen-bond acceptors (Lipinski definition) is 2. The van der Waals surface area contributed by atoms with Gasteiger partial charge in [-0.2, -0.15) is 0 Å². The Morgan fingerprint density at radius 1 is 1.32 bits per heavy atom. The molecule has 1 aromatic carbocycles. The number of rotatable bonds is 4. The van der Waals surface area contributed by atoms with Crippen LogP contribution in [0, 0.1) is 5.41 Å². The normalized spacial score (nSPS) is 21.9. The Morgan fingerprint density at radius 2 is 2.00 bits per heavy atom. The Bertz CT molecular complexity index is 415. The summed E-state index contributed by atoms with van der Waals surface area (Å²) in [6, 6.07) is 8.16. The van der Waals surface area contributed by atoms with E-state index in [4.69, 9.17) is 5.73 Å². The van der Waals surface area contributed by atoms with E-state index >= 15 is 0 Å². The highest BCUT2D eigenvalue weighted by Gasteiger charge is 2.38. The minimum Gasteiger partial charge on any atom is -0.392 e. The molecule has 2 unspecified atom stereocenters. The molecule has 2 nitrogen and oxygen atoms in total. The number of nitrogens with two attached hydrogens (primary N) is 1. The molecular weight excluding hydrogens is 302 g/mol. The van der Waals surface area contributed by atoms with Gasteiger partial charge in [0.1, 0.15) is 0 Å². The lowest BCUT2D eigenvalue weighted by atomic mass is 9.67. The molecule has 1 aromatic rings. The van der Waals surface area contributed by atoms with Crippen molar-refractivity contribution in [3.05, 3.63) is 34.3 Å². The van der Waals surface area contributed by atoms with Crippen molar-refractivity contribution >= 4 is 15.9 Å². The van der Waals surface area contributed by atoms with Gasteiger partial charge in [-0.15, -0.1) is 0 Å². The third kappa shape index (κ3) is 3.39. The van der Waals surface area contributed by atoms with Crippen molar-refractivity contribution < 1.29 is 5.11 Å². The van der Waals surface area contributed by atoms with E-state index in [9.17, 15) is 5.11 Å². The van der Waals surface area contributed by atoms with Crippen LogP contribution in [0.3, 0.4) is 0 Å². The summed E-state index contributed by atoms with van der Waals surface area (Å²) >= 11 is 3.50. The molecule has 19 heavy (non-hydrogen) atoms. The van der Waals surface area contributed by atoms with Crippen molar-refractivity contribution in [2.75, 3.05) is 6.54 Å². The summed E-state index contributed by atoms with van der Waals surface area (Å²) < 4.78 is 1.05. The van der Waals surface area contributed by atoms with Gasteiger partial charge in [-0.25, -0.2) is 0 Å². The van der Waals surface area contributed by atoms with Crippen molar-refractivity contribution in [3.63, 3.8) is 0 Å². The molecule has 3 N–H and O–H groups in total. The highest BCUT2D eigenvalue weighted by atomic mass is 79.9. The van der Waals surface area contributed by atoms with Crippen molar-refractivity contribution in [1.82, 2.24) is 0 Å². The van der Waals surface area contributed by atoms with E-state index in [0.717, 1.165) is 22.9 Å². The average molecular weight is 326 g/mol. The topological polar surface area (TPSA) is 46.2 Å². The summed E-state index contributed by atoms with van der Waals surface area (Å²) in [7, 11) is 0. The van der Waals surface area contributed by atoms with Gasteiger partial charge in [-0.05, 0) is 36.0 Å². The first-order chi connectivity index (χ1) is 9.07. The Balaban J connectivity index is 2.21. The summed E-state index contributed by atoms with van der Waals surface area (Å²) in [4.78, 5) is 0. The van der Waals surface area contributed by atoms with Gasteiger partial charge in [0.2, 0.25) is 0 Å². The summed E-state index contributed by atoms with van der Waals surface area (Å²) in [6.45, 7) is 2.71. The molecule has 1 fully saturated rings. The van der Waals surface area contributed by atoms with Crippen LogP contribution in [0.15, 0.2) is 28.7 Å².